The highest BCUT2D eigenvalue weighted by molar-refractivity contribution is 7.92. The van der Waals surface area contributed by atoms with Gasteiger partial charge in [0.2, 0.25) is 21.8 Å². The number of methoxy groups -OCH3 is 1. The van der Waals surface area contributed by atoms with Crippen molar-refractivity contribution >= 4 is 39.1 Å². The van der Waals surface area contributed by atoms with Crippen LogP contribution in [0.5, 0.6) is 5.75 Å². The number of carbonyl (C=O) groups is 2. The molecule has 37 heavy (non-hydrogen) atoms. The molecule has 0 bridgehead atoms. The molecular weight excluding hydrogens is 514 g/mol. The highest BCUT2D eigenvalue weighted by Gasteiger charge is 2.29. The number of hydrogen-bond acceptors (Lipinski definition) is 5. The van der Waals surface area contributed by atoms with Crippen LogP contribution in [0, 0.1) is 0 Å². The Kier molecular flexibility index (Phi) is 11.7. The summed E-state index contributed by atoms with van der Waals surface area (Å²) in [7, 11) is -2.08. The molecule has 8 nitrogen and oxygen atoms in total. The highest BCUT2D eigenvalue weighted by Crippen LogP contribution is 2.24. The van der Waals surface area contributed by atoms with Gasteiger partial charge in [-0.15, -0.1) is 0 Å². The predicted molar refractivity (Wildman–Crippen MR) is 148 cm³/mol. The molecular formula is C27H38ClN3O5S. The number of amides is 2. The van der Waals surface area contributed by atoms with E-state index in [0.717, 1.165) is 18.2 Å². The maximum atomic E-state index is 13.5. The summed E-state index contributed by atoms with van der Waals surface area (Å²) in [5.74, 6) is 0.114. The molecule has 0 spiro atoms. The topological polar surface area (TPSA) is 96.0 Å². The van der Waals surface area contributed by atoms with E-state index in [0.29, 0.717) is 22.9 Å². The zero-order valence-electron chi connectivity index (χ0n) is 22.2. The first-order valence-corrected chi connectivity index (χ1v) is 14.7. The molecule has 0 aromatic heterocycles. The number of halogens is 1. The van der Waals surface area contributed by atoms with E-state index in [-0.39, 0.29) is 43.8 Å². The Hall–Kier alpha value is -2.78. The molecule has 204 valence electrons. The molecule has 0 fully saturated rings. The van der Waals surface area contributed by atoms with Crippen molar-refractivity contribution in [2.45, 2.75) is 65.1 Å². The van der Waals surface area contributed by atoms with Crippen LogP contribution in [-0.2, 0) is 26.2 Å². The molecule has 0 radical (unpaired) electrons. The number of rotatable bonds is 14. The van der Waals surface area contributed by atoms with Gasteiger partial charge in [-0.3, -0.25) is 13.9 Å². The minimum atomic E-state index is -3.59. The molecule has 10 heteroatoms. The Labute approximate surface area is 226 Å². The quantitative estimate of drug-likeness (QED) is 0.370. The second kappa shape index (κ2) is 14.2. The van der Waals surface area contributed by atoms with Crippen molar-refractivity contribution in [2.24, 2.45) is 0 Å². The van der Waals surface area contributed by atoms with E-state index < -0.39 is 16.1 Å². The second-order valence-corrected chi connectivity index (χ2v) is 11.4. The monoisotopic (exact) mass is 551 g/mol. The van der Waals surface area contributed by atoms with E-state index in [1.165, 1.54) is 11.4 Å². The van der Waals surface area contributed by atoms with Crippen LogP contribution < -0.4 is 14.4 Å². The molecule has 2 aromatic rings. The zero-order valence-corrected chi connectivity index (χ0v) is 23.8. The fraction of sp³-hybridized carbons (Fsp3) is 0.481. The molecule has 0 aliphatic heterocycles. The van der Waals surface area contributed by atoms with Gasteiger partial charge in [-0.05, 0) is 56.0 Å². The van der Waals surface area contributed by atoms with E-state index in [4.69, 9.17) is 16.3 Å². The number of ether oxygens (including phenoxy) is 1. The molecule has 0 unspecified atom stereocenters. The summed E-state index contributed by atoms with van der Waals surface area (Å²) in [6.45, 7) is 6.14. The van der Waals surface area contributed by atoms with Crippen molar-refractivity contribution in [2.75, 3.05) is 24.2 Å². The fourth-order valence-corrected chi connectivity index (χ4v) is 5.00. The summed E-state index contributed by atoms with van der Waals surface area (Å²) in [4.78, 5) is 28.1. The largest absolute Gasteiger partial charge is 0.497 e. The number of nitrogens with zero attached hydrogens (tertiary/aromatic N) is 2. The third-order valence-corrected chi connectivity index (χ3v) is 7.59. The Morgan fingerprint density at radius 1 is 1.08 bits per heavy atom. The predicted octanol–water partition coefficient (Wildman–Crippen LogP) is 4.62. The molecule has 2 amide bonds. The number of benzene rings is 2. The summed E-state index contributed by atoms with van der Waals surface area (Å²) in [5, 5.41) is 3.57. The maximum absolute atomic E-state index is 13.5. The zero-order chi connectivity index (χ0) is 27.6. The van der Waals surface area contributed by atoms with Crippen LogP contribution in [0.4, 0.5) is 5.69 Å². The van der Waals surface area contributed by atoms with E-state index in [1.54, 1.807) is 41.3 Å². The lowest BCUT2D eigenvalue weighted by molar-refractivity contribution is -0.141. The summed E-state index contributed by atoms with van der Waals surface area (Å²) in [5.41, 5.74) is 1.31. The van der Waals surface area contributed by atoms with Gasteiger partial charge in [0, 0.05) is 36.6 Å². The van der Waals surface area contributed by atoms with E-state index in [9.17, 15) is 18.0 Å². The fourth-order valence-electron chi connectivity index (χ4n) is 3.92. The summed E-state index contributed by atoms with van der Waals surface area (Å²) >= 11 is 6.02. The van der Waals surface area contributed by atoms with Crippen LogP contribution in [-0.4, -0.2) is 57.1 Å². The minimum Gasteiger partial charge on any atom is -0.497 e. The molecule has 2 aromatic carbocycles. The number of carbonyl (C=O) groups excluding carboxylic acids is 2. The van der Waals surface area contributed by atoms with E-state index in [1.807, 2.05) is 32.9 Å². The summed E-state index contributed by atoms with van der Waals surface area (Å²) in [6, 6.07) is 13.3. The third kappa shape index (κ3) is 9.23. The van der Waals surface area contributed by atoms with Gasteiger partial charge in [-0.25, -0.2) is 8.42 Å². The Balaban J connectivity index is 2.22. The molecule has 0 saturated heterocycles. The van der Waals surface area contributed by atoms with E-state index >= 15 is 0 Å². The van der Waals surface area contributed by atoms with Gasteiger partial charge in [0.25, 0.3) is 0 Å². The molecule has 1 N–H and O–H groups in total. The van der Waals surface area contributed by atoms with Gasteiger partial charge in [0.1, 0.15) is 11.8 Å². The average molecular weight is 552 g/mol. The van der Waals surface area contributed by atoms with Crippen molar-refractivity contribution in [1.29, 1.82) is 0 Å². The SMILES string of the molecule is CC[C@H](C(=O)N[C@@H](C)CC)N(Cc1ccc(Cl)cc1)C(=O)CCCN(c1cccc(OC)c1)S(C)(=O)=O. The van der Waals surface area contributed by atoms with Crippen molar-refractivity contribution < 1.29 is 22.7 Å². The van der Waals surface area contributed by atoms with E-state index in [2.05, 4.69) is 5.32 Å². The van der Waals surface area contributed by atoms with Gasteiger partial charge >= 0.3 is 0 Å². The van der Waals surface area contributed by atoms with Crippen molar-refractivity contribution in [1.82, 2.24) is 10.2 Å². The second-order valence-electron chi connectivity index (χ2n) is 9.03. The highest BCUT2D eigenvalue weighted by atomic mass is 35.5. The Morgan fingerprint density at radius 3 is 2.32 bits per heavy atom. The third-order valence-electron chi connectivity index (χ3n) is 6.15. The summed E-state index contributed by atoms with van der Waals surface area (Å²) < 4.78 is 31.5. The Bertz CT molecular complexity index is 1140. The standard InChI is InChI=1S/C27H38ClN3O5S/c1-6-20(3)29-27(33)25(7-2)30(19-21-13-15-22(28)16-14-21)26(32)12-9-17-31(37(5,34)35)23-10-8-11-24(18-23)36-4/h8,10-11,13-16,18,20,25H,6-7,9,12,17,19H2,1-5H3,(H,29,33)/t20-,25+/m0/s1. The first-order chi connectivity index (χ1) is 17.5. The lowest BCUT2D eigenvalue weighted by Crippen LogP contribution is -2.50. The first-order valence-electron chi connectivity index (χ1n) is 12.5. The van der Waals surface area contributed by atoms with Crippen molar-refractivity contribution in [3.8, 4) is 5.75 Å². The number of sulfonamides is 1. The van der Waals surface area contributed by atoms with Crippen LogP contribution in [0.1, 0.15) is 52.0 Å². The maximum Gasteiger partial charge on any atom is 0.243 e. The van der Waals surface area contributed by atoms with Crippen LogP contribution in [0.15, 0.2) is 48.5 Å². The number of hydrogen-bond donors (Lipinski definition) is 1. The molecule has 0 saturated carbocycles. The van der Waals surface area contributed by atoms with Crippen molar-refractivity contribution in [3.63, 3.8) is 0 Å². The summed E-state index contributed by atoms with van der Waals surface area (Å²) in [6.07, 6.45) is 2.72. The van der Waals surface area contributed by atoms with Gasteiger partial charge in [0.15, 0.2) is 0 Å². The van der Waals surface area contributed by atoms with Crippen LogP contribution >= 0.6 is 11.6 Å². The van der Waals surface area contributed by atoms with Gasteiger partial charge in [-0.1, -0.05) is 43.6 Å². The molecule has 2 atom stereocenters. The normalized spacial score (nSPS) is 12.9. The molecule has 0 aliphatic rings. The average Bonchev–Trinajstić information content (AvgIpc) is 2.86. The van der Waals surface area contributed by atoms with Gasteiger partial charge < -0.3 is 15.0 Å². The minimum absolute atomic E-state index is 0.0137. The van der Waals surface area contributed by atoms with Crippen LogP contribution in [0.25, 0.3) is 0 Å². The molecule has 0 aliphatic carbocycles. The molecule has 0 heterocycles. The van der Waals surface area contributed by atoms with Crippen molar-refractivity contribution in [3.05, 3.63) is 59.1 Å². The lowest BCUT2D eigenvalue weighted by Gasteiger charge is -2.32. The Morgan fingerprint density at radius 2 is 1.76 bits per heavy atom. The molecule has 2 rings (SSSR count). The first kappa shape index (κ1) is 30.4. The van der Waals surface area contributed by atoms with Crippen LogP contribution in [0.2, 0.25) is 5.02 Å². The lowest BCUT2D eigenvalue weighted by atomic mass is 10.1. The number of anilines is 1. The smallest absolute Gasteiger partial charge is 0.243 e. The number of nitrogens with one attached hydrogen (secondary N) is 1. The van der Waals surface area contributed by atoms with Gasteiger partial charge in [-0.2, -0.15) is 0 Å². The van der Waals surface area contributed by atoms with Gasteiger partial charge in [0.05, 0.1) is 19.1 Å². The van der Waals surface area contributed by atoms with Crippen LogP contribution in [0.3, 0.4) is 0 Å².